The van der Waals surface area contributed by atoms with Crippen LogP contribution < -0.4 is 5.32 Å². The molecule has 0 aromatic heterocycles. The molecule has 4 heteroatoms. The Bertz CT molecular complexity index is 214. The van der Waals surface area contributed by atoms with Gasteiger partial charge >= 0.3 is 0 Å². The van der Waals surface area contributed by atoms with Crippen molar-refractivity contribution in [1.29, 1.82) is 0 Å². The molecular formula is C13H26N2O2. The molecule has 2 fully saturated rings. The van der Waals surface area contributed by atoms with Crippen LogP contribution in [-0.4, -0.2) is 61.5 Å². The molecular weight excluding hydrogens is 216 g/mol. The summed E-state index contributed by atoms with van der Waals surface area (Å²) in [6.07, 6.45) is 6.52. The van der Waals surface area contributed by atoms with Gasteiger partial charge in [-0.25, -0.2) is 0 Å². The highest BCUT2D eigenvalue weighted by atomic mass is 16.5. The lowest BCUT2D eigenvalue weighted by Gasteiger charge is -2.32. The second-order valence-corrected chi connectivity index (χ2v) is 5.14. The van der Waals surface area contributed by atoms with Gasteiger partial charge in [0, 0.05) is 25.2 Å². The number of nitrogens with zero attached hydrogens (tertiary/aromatic N) is 1. The van der Waals surface area contributed by atoms with E-state index in [1.807, 2.05) is 0 Å². The molecule has 2 atom stereocenters. The summed E-state index contributed by atoms with van der Waals surface area (Å²) in [5.74, 6) is 0. The molecule has 0 aromatic rings. The molecule has 2 saturated heterocycles. The molecule has 2 aliphatic rings. The minimum Gasteiger partial charge on any atom is -0.394 e. The second-order valence-electron chi connectivity index (χ2n) is 5.14. The lowest BCUT2D eigenvalue weighted by molar-refractivity contribution is 0.0899. The highest BCUT2D eigenvalue weighted by Gasteiger charge is 2.34. The highest BCUT2D eigenvalue weighted by Crippen LogP contribution is 2.26. The van der Waals surface area contributed by atoms with Crippen LogP contribution in [0, 0.1) is 0 Å². The fourth-order valence-corrected chi connectivity index (χ4v) is 3.11. The Morgan fingerprint density at radius 1 is 1.18 bits per heavy atom. The molecule has 0 amide bonds. The van der Waals surface area contributed by atoms with Gasteiger partial charge < -0.3 is 15.2 Å². The molecule has 0 bridgehead atoms. The molecule has 2 aliphatic heterocycles. The standard InChI is InChI=1S/C13H26N2O2/c16-9-11-17-10-3-6-14-12-5-8-15-7-2-1-4-13(12)15/h12-14,16H,1-11H2. The smallest absolute Gasteiger partial charge is 0.0697 e. The first-order valence-corrected chi connectivity index (χ1v) is 7.08. The van der Waals surface area contributed by atoms with Crippen molar-refractivity contribution in [3.8, 4) is 0 Å². The van der Waals surface area contributed by atoms with Gasteiger partial charge in [-0.05, 0) is 38.8 Å². The average molecular weight is 242 g/mol. The predicted molar refractivity (Wildman–Crippen MR) is 68.1 cm³/mol. The SMILES string of the molecule is OCCOCCCNC1CCN2CCCCC12. The molecule has 17 heavy (non-hydrogen) atoms. The molecule has 100 valence electrons. The number of rotatable bonds is 7. The van der Waals surface area contributed by atoms with E-state index in [1.165, 1.54) is 38.8 Å². The molecule has 4 nitrogen and oxygen atoms in total. The number of hydrogen-bond acceptors (Lipinski definition) is 4. The van der Waals surface area contributed by atoms with Gasteiger partial charge in [0.1, 0.15) is 0 Å². The Kier molecular flexibility index (Phi) is 5.71. The van der Waals surface area contributed by atoms with Crippen LogP contribution >= 0.6 is 0 Å². The summed E-state index contributed by atoms with van der Waals surface area (Å²) in [7, 11) is 0. The number of hydrogen-bond donors (Lipinski definition) is 2. The summed E-state index contributed by atoms with van der Waals surface area (Å²) in [4.78, 5) is 2.66. The van der Waals surface area contributed by atoms with E-state index in [1.54, 1.807) is 0 Å². The molecule has 0 radical (unpaired) electrons. The van der Waals surface area contributed by atoms with Gasteiger partial charge in [0.2, 0.25) is 0 Å². The summed E-state index contributed by atoms with van der Waals surface area (Å²) in [5, 5.41) is 12.3. The molecule has 0 aromatic carbocycles. The maximum Gasteiger partial charge on any atom is 0.0697 e. The van der Waals surface area contributed by atoms with Crippen LogP contribution in [0.2, 0.25) is 0 Å². The Hall–Kier alpha value is -0.160. The van der Waals surface area contributed by atoms with Crippen LogP contribution in [-0.2, 0) is 4.74 Å². The maximum absolute atomic E-state index is 8.58. The zero-order valence-corrected chi connectivity index (χ0v) is 10.7. The fourth-order valence-electron chi connectivity index (χ4n) is 3.11. The lowest BCUT2D eigenvalue weighted by atomic mass is 9.99. The van der Waals surface area contributed by atoms with Crippen molar-refractivity contribution in [2.45, 2.75) is 44.2 Å². The van der Waals surface area contributed by atoms with E-state index in [-0.39, 0.29) is 6.61 Å². The molecule has 2 heterocycles. The van der Waals surface area contributed by atoms with E-state index < -0.39 is 0 Å². The first-order valence-electron chi connectivity index (χ1n) is 7.08. The van der Waals surface area contributed by atoms with Gasteiger partial charge in [0.15, 0.2) is 0 Å². The van der Waals surface area contributed by atoms with Crippen molar-refractivity contribution >= 4 is 0 Å². The van der Waals surface area contributed by atoms with Gasteiger partial charge in [0.05, 0.1) is 13.2 Å². The number of piperidine rings is 1. The van der Waals surface area contributed by atoms with Crippen LogP contribution in [0.25, 0.3) is 0 Å². The third-order valence-electron chi connectivity index (χ3n) is 3.96. The van der Waals surface area contributed by atoms with E-state index in [0.717, 1.165) is 25.6 Å². The monoisotopic (exact) mass is 242 g/mol. The van der Waals surface area contributed by atoms with Crippen LogP contribution in [0.1, 0.15) is 32.1 Å². The van der Waals surface area contributed by atoms with Gasteiger partial charge in [-0.2, -0.15) is 0 Å². The summed E-state index contributed by atoms with van der Waals surface area (Å²) < 4.78 is 5.25. The van der Waals surface area contributed by atoms with E-state index in [4.69, 9.17) is 9.84 Å². The van der Waals surface area contributed by atoms with Crippen molar-refractivity contribution < 1.29 is 9.84 Å². The lowest BCUT2D eigenvalue weighted by Crippen LogP contribution is -2.45. The van der Waals surface area contributed by atoms with E-state index in [0.29, 0.717) is 12.6 Å². The number of ether oxygens (including phenoxy) is 1. The molecule has 2 N–H and O–H groups in total. The molecule has 2 unspecified atom stereocenters. The van der Waals surface area contributed by atoms with Crippen molar-refractivity contribution in [1.82, 2.24) is 10.2 Å². The Labute approximate surface area is 104 Å². The van der Waals surface area contributed by atoms with Crippen molar-refractivity contribution in [3.63, 3.8) is 0 Å². The zero-order valence-electron chi connectivity index (χ0n) is 10.7. The Morgan fingerprint density at radius 2 is 2.12 bits per heavy atom. The number of fused-ring (bicyclic) bond motifs is 1. The third kappa shape index (κ3) is 3.91. The number of aliphatic hydroxyl groups excluding tert-OH is 1. The fraction of sp³-hybridized carbons (Fsp3) is 1.00. The van der Waals surface area contributed by atoms with E-state index in [9.17, 15) is 0 Å². The second kappa shape index (κ2) is 7.31. The summed E-state index contributed by atoms with van der Waals surface area (Å²) >= 11 is 0. The minimum absolute atomic E-state index is 0.132. The topological polar surface area (TPSA) is 44.7 Å². The van der Waals surface area contributed by atoms with Gasteiger partial charge in [-0.1, -0.05) is 6.42 Å². The highest BCUT2D eigenvalue weighted by molar-refractivity contribution is 4.93. The predicted octanol–water partition coefficient (Wildman–Crippen LogP) is 0.602. The first kappa shape index (κ1) is 13.3. The first-order chi connectivity index (χ1) is 8.42. The normalized spacial score (nSPS) is 29.5. The number of nitrogens with one attached hydrogen (secondary N) is 1. The number of aliphatic hydroxyl groups is 1. The summed E-state index contributed by atoms with van der Waals surface area (Å²) in [6.45, 7) is 4.99. The van der Waals surface area contributed by atoms with Crippen molar-refractivity contribution in [2.24, 2.45) is 0 Å². The van der Waals surface area contributed by atoms with Crippen molar-refractivity contribution in [2.75, 3.05) is 39.5 Å². The van der Waals surface area contributed by atoms with Crippen molar-refractivity contribution in [3.05, 3.63) is 0 Å². The van der Waals surface area contributed by atoms with Gasteiger partial charge in [0.25, 0.3) is 0 Å². The average Bonchev–Trinajstić information content (AvgIpc) is 2.77. The summed E-state index contributed by atoms with van der Waals surface area (Å²) in [5.41, 5.74) is 0. The largest absolute Gasteiger partial charge is 0.394 e. The zero-order chi connectivity index (χ0) is 11.9. The van der Waals surface area contributed by atoms with Crippen LogP contribution in [0.5, 0.6) is 0 Å². The molecule has 0 aliphatic carbocycles. The van der Waals surface area contributed by atoms with Crippen LogP contribution in [0.3, 0.4) is 0 Å². The quantitative estimate of drug-likeness (QED) is 0.642. The van der Waals surface area contributed by atoms with Crippen LogP contribution in [0.15, 0.2) is 0 Å². The molecule has 0 spiro atoms. The Balaban J connectivity index is 1.56. The van der Waals surface area contributed by atoms with Gasteiger partial charge in [-0.3, -0.25) is 4.90 Å². The summed E-state index contributed by atoms with van der Waals surface area (Å²) in [6, 6.07) is 1.50. The van der Waals surface area contributed by atoms with E-state index >= 15 is 0 Å². The maximum atomic E-state index is 8.58. The third-order valence-corrected chi connectivity index (χ3v) is 3.96. The molecule has 0 saturated carbocycles. The van der Waals surface area contributed by atoms with Crippen LogP contribution in [0.4, 0.5) is 0 Å². The van der Waals surface area contributed by atoms with Gasteiger partial charge in [-0.15, -0.1) is 0 Å². The van der Waals surface area contributed by atoms with E-state index in [2.05, 4.69) is 10.2 Å². The Morgan fingerprint density at radius 3 is 3.00 bits per heavy atom. The molecule has 2 rings (SSSR count). The minimum atomic E-state index is 0.132.